The van der Waals surface area contributed by atoms with Crippen LogP contribution in [0.1, 0.15) is 16.7 Å². The Hall–Kier alpha value is -1.91. The highest BCUT2D eigenvalue weighted by Gasteiger charge is 2.10. The van der Waals surface area contributed by atoms with Crippen LogP contribution in [-0.4, -0.2) is 4.92 Å². The summed E-state index contributed by atoms with van der Waals surface area (Å²) in [7, 11) is 0. The fraction of sp³-hybridized carbons (Fsp3) is 0.200. The molecule has 2 aromatic rings. The zero-order chi connectivity index (χ0) is 14.5. The van der Waals surface area contributed by atoms with Crippen molar-refractivity contribution >= 4 is 17.3 Å². The number of nitrogens with one attached hydrogen (secondary N) is 1. The highest BCUT2D eigenvalue weighted by Crippen LogP contribution is 2.19. The molecule has 2 rings (SSSR count). The summed E-state index contributed by atoms with van der Waals surface area (Å²) in [6.07, 6.45) is 0. The minimum atomic E-state index is -0.349. The van der Waals surface area contributed by atoms with Crippen LogP contribution in [0.4, 0.5) is 5.69 Å². The lowest BCUT2D eigenvalue weighted by molar-refractivity contribution is -0.385. The molecule has 104 valence electrons. The lowest BCUT2D eigenvalue weighted by atomic mass is 10.1. The Labute approximate surface area is 122 Å². The van der Waals surface area contributed by atoms with Gasteiger partial charge < -0.3 is 5.32 Å². The predicted octanol–water partition coefficient (Wildman–Crippen LogP) is 3.85. The molecule has 0 saturated carbocycles. The topological polar surface area (TPSA) is 55.2 Å². The van der Waals surface area contributed by atoms with Gasteiger partial charge in [-0.2, -0.15) is 0 Å². The SMILES string of the molecule is Cc1ccc(CNCc2ccc(Cl)cc2)cc1[N+](=O)[O-]. The van der Waals surface area contributed by atoms with Gasteiger partial charge >= 0.3 is 0 Å². The van der Waals surface area contributed by atoms with E-state index < -0.39 is 0 Å². The average Bonchev–Trinajstić information content (AvgIpc) is 2.42. The predicted molar refractivity (Wildman–Crippen MR) is 79.8 cm³/mol. The van der Waals surface area contributed by atoms with Gasteiger partial charge in [0, 0.05) is 29.7 Å². The number of hydrogen-bond acceptors (Lipinski definition) is 3. The van der Waals surface area contributed by atoms with Crippen LogP contribution in [0, 0.1) is 17.0 Å². The molecule has 0 aliphatic rings. The van der Waals surface area contributed by atoms with Gasteiger partial charge in [-0.3, -0.25) is 10.1 Å². The van der Waals surface area contributed by atoms with Crippen LogP contribution in [0.5, 0.6) is 0 Å². The van der Waals surface area contributed by atoms with Gasteiger partial charge in [0.2, 0.25) is 0 Å². The molecule has 0 bridgehead atoms. The number of rotatable bonds is 5. The van der Waals surface area contributed by atoms with E-state index in [0.717, 1.165) is 11.1 Å². The summed E-state index contributed by atoms with van der Waals surface area (Å²) in [5.41, 5.74) is 2.86. The van der Waals surface area contributed by atoms with Crippen molar-refractivity contribution in [3.05, 3.63) is 74.3 Å². The Morgan fingerprint density at radius 1 is 1.10 bits per heavy atom. The number of aryl methyl sites for hydroxylation is 1. The first-order valence-corrected chi connectivity index (χ1v) is 6.63. The molecule has 1 N–H and O–H groups in total. The number of nitro benzene ring substituents is 1. The van der Waals surface area contributed by atoms with E-state index in [2.05, 4.69) is 5.32 Å². The number of hydrogen-bond donors (Lipinski definition) is 1. The second-order valence-electron chi connectivity index (χ2n) is 4.61. The van der Waals surface area contributed by atoms with Crippen LogP contribution < -0.4 is 5.32 Å². The zero-order valence-corrected chi connectivity index (χ0v) is 11.9. The van der Waals surface area contributed by atoms with E-state index in [1.165, 1.54) is 0 Å². The summed E-state index contributed by atoms with van der Waals surface area (Å²) >= 11 is 5.82. The Bertz CT molecular complexity index is 612. The quantitative estimate of drug-likeness (QED) is 0.672. The second-order valence-corrected chi connectivity index (χ2v) is 5.04. The van der Waals surface area contributed by atoms with Gasteiger partial charge in [-0.15, -0.1) is 0 Å². The first kappa shape index (κ1) is 14.5. The van der Waals surface area contributed by atoms with E-state index >= 15 is 0 Å². The third kappa shape index (κ3) is 3.79. The third-order valence-corrected chi connectivity index (χ3v) is 3.29. The molecule has 0 saturated heterocycles. The summed E-state index contributed by atoms with van der Waals surface area (Å²) in [4.78, 5) is 10.5. The first-order valence-electron chi connectivity index (χ1n) is 6.25. The molecular weight excluding hydrogens is 276 g/mol. The van der Waals surface area contributed by atoms with E-state index in [9.17, 15) is 10.1 Å². The largest absolute Gasteiger partial charge is 0.309 e. The molecule has 4 nitrogen and oxygen atoms in total. The number of nitrogens with zero attached hydrogens (tertiary/aromatic N) is 1. The minimum absolute atomic E-state index is 0.163. The maximum atomic E-state index is 10.9. The highest BCUT2D eigenvalue weighted by atomic mass is 35.5. The minimum Gasteiger partial charge on any atom is -0.309 e. The molecular formula is C15H15ClN2O2. The third-order valence-electron chi connectivity index (χ3n) is 3.04. The molecule has 2 aromatic carbocycles. The summed E-state index contributed by atoms with van der Waals surface area (Å²) in [6.45, 7) is 3.02. The lowest BCUT2D eigenvalue weighted by Crippen LogP contribution is -2.12. The van der Waals surface area contributed by atoms with Gasteiger partial charge in [0.25, 0.3) is 5.69 Å². The molecule has 0 heterocycles. The van der Waals surface area contributed by atoms with Crippen LogP contribution in [0.15, 0.2) is 42.5 Å². The van der Waals surface area contributed by atoms with Crippen molar-refractivity contribution in [3.8, 4) is 0 Å². The molecule has 0 radical (unpaired) electrons. The fourth-order valence-corrected chi connectivity index (χ4v) is 2.04. The second kappa shape index (κ2) is 6.50. The Kier molecular flexibility index (Phi) is 4.71. The molecule has 0 aliphatic heterocycles. The fourth-order valence-electron chi connectivity index (χ4n) is 1.92. The van der Waals surface area contributed by atoms with Gasteiger partial charge in [-0.25, -0.2) is 0 Å². The van der Waals surface area contributed by atoms with Crippen molar-refractivity contribution in [2.75, 3.05) is 0 Å². The van der Waals surface area contributed by atoms with E-state index in [0.29, 0.717) is 23.7 Å². The van der Waals surface area contributed by atoms with Crippen molar-refractivity contribution in [2.45, 2.75) is 20.0 Å². The van der Waals surface area contributed by atoms with Gasteiger partial charge in [-0.05, 0) is 30.2 Å². The van der Waals surface area contributed by atoms with Crippen LogP contribution in [0.2, 0.25) is 5.02 Å². The average molecular weight is 291 g/mol. The summed E-state index contributed by atoms with van der Waals surface area (Å²) in [5.74, 6) is 0. The number of nitro groups is 1. The van der Waals surface area contributed by atoms with Crippen LogP contribution >= 0.6 is 11.6 Å². The van der Waals surface area contributed by atoms with Gasteiger partial charge in [-0.1, -0.05) is 35.9 Å². The zero-order valence-electron chi connectivity index (χ0n) is 11.1. The summed E-state index contributed by atoms with van der Waals surface area (Å²) in [6, 6.07) is 12.9. The molecule has 0 unspecified atom stereocenters. The molecule has 5 heteroatoms. The molecule has 0 amide bonds. The summed E-state index contributed by atoms with van der Waals surface area (Å²) < 4.78 is 0. The molecule has 0 atom stereocenters. The molecule has 0 aliphatic carbocycles. The van der Waals surface area contributed by atoms with E-state index in [1.807, 2.05) is 30.3 Å². The Morgan fingerprint density at radius 3 is 2.35 bits per heavy atom. The summed E-state index contributed by atoms with van der Waals surface area (Å²) in [5, 5.41) is 14.8. The van der Waals surface area contributed by atoms with Crippen molar-refractivity contribution in [1.29, 1.82) is 0 Å². The highest BCUT2D eigenvalue weighted by molar-refractivity contribution is 6.30. The van der Waals surface area contributed by atoms with Gasteiger partial charge in [0.1, 0.15) is 0 Å². The lowest BCUT2D eigenvalue weighted by Gasteiger charge is -2.06. The van der Waals surface area contributed by atoms with Crippen molar-refractivity contribution in [1.82, 2.24) is 5.32 Å². The molecule has 20 heavy (non-hydrogen) atoms. The molecule has 0 fully saturated rings. The van der Waals surface area contributed by atoms with Crippen LogP contribution in [-0.2, 0) is 13.1 Å². The molecule has 0 aromatic heterocycles. The maximum Gasteiger partial charge on any atom is 0.272 e. The van der Waals surface area contributed by atoms with Crippen molar-refractivity contribution < 1.29 is 4.92 Å². The van der Waals surface area contributed by atoms with Crippen molar-refractivity contribution in [3.63, 3.8) is 0 Å². The Balaban J connectivity index is 1.96. The first-order chi connectivity index (χ1) is 9.56. The van der Waals surface area contributed by atoms with E-state index in [-0.39, 0.29) is 10.6 Å². The Morgan fingerprint density at radius 2 is 1.70 bits per heavy atom. The van der Waals surface area contributed by atoms with Crippen molar-refractivity contribution in [2.24, 2.45) is 0 Å². The van der Waals surface area contributed by atoms with E-state index in [1.54, 1.807) is 19.1 Å². The molecule has 0 spiro atoms. The van der Waals surface area contributed by atoms with Crippen LogP contribution in [0.25, 0.3) is 0 Å². The van der Waals surface area contributed by atoms with E-state index in [4.69, 9.17) is 11.6 Å². The maximum absolute atomic E-state index is 10.9. The number of benzene rings is 2. The smallest absolute Gasteiger partial charge is 0.272 e. The van der Waals surface area contributed by atoms with Gasteiger partial charge in [0.05, 0.1) is 4.92 Å². The monoisotopic (exact) mass is 290 g/mol. The number of halogens is 1. The van der Waals surface area contributed by atoms with Gasteiger partial charge in [0.15, 0.2) is 0 Å². The van der Waals surface area contributed by atoms with Crippen LogP contribution in [0.3, 0.4) is 0 Å². The standard InChI is InChI=1S/C15H15ClN2O2/c1-11-2-3-13(8-15(11)18(19)20)10-17-9-12-4-6-14(16)7-5-12/h2-8,17H,9-10H2,1H3. The normalized spacial score (nSPS) is 10.5.